The maximum absolute atomic E-state index is 12.2. The van der Waals surface area contributed by atoms with Crippen molar-refractivity contribution in [3.05, 3.63) is 23.8 Å². The summed E-state index contributed by atoms with van der Waals surface area (Å²) in [6.45, 7) is 16.8. The fourth-order valence-electron chi connectivity index (χ4n) is 10.7. The molecule has 2 saturated heterocycles. The maximum Gasteiger partial charge on any atom is 0.333 e. The van der Waals surface area contributed by atoms with Crippen molar-refractivity contribution in [2.24, 2.45) is 45.3 Å². The second-order valence-electron chi connectivity index (χ2n) is 13.9. The first-order chi connectivity index (χ1) is 15.9. The molecule has 4 nitrogen and oxygen atoms in total. The van der Waals surface area contributed by atoms with Crippen LogP contribution in [-0.4, -0.2) is 29.6 Å². The Morgan fingerprint density at radius 2 is 1.74 bits per heavy atom. The molecule has 2 bridgehead atoms. The van der Waals surface area contributed by atoms with Crippen LogP contribution in [0.2, 0.25) is 0 Å². The van der Waals surface area contributed by atoms with Crippen LogP contribution in [0.25, 0.3) is 0 Å². The molecule has 4 aliphatic carbocycles. The van der Waals surface area contributed by atoms with Crippen molar-refractivity contribution >= 4 is 5.97 Å². The minimum Gasteiger partial charge on any atom is -0.454 e. The highest BCUT2D eigenvalue weighted by Gasteiger charge is 2.74. The zero-order chi connectivity index (χ0) is 24.3. The van der Waals surface area contributed by atoms with E-state index in [2.05, 4.69) is 34.3 Å². The Balaban J connectivity index is 1.30. The van der Waals surface area contributed by atoms with Crippen LogP contribution in [0, 0.1) is 45.3 Å². The van der Waals surface area contributed by atoms with Gasteiger partial charge in [-0.15, -0.1) is 0 Å². The summed E-state index contributed by atoms with van der Waals surface area (Å²) in [4.78, 5) is 12.2. The summed E-state index contributed by atoms with van der Waals surface area (Å²) in [6, 6.07) is 0. The van der Waals surface area contributed by atoms with Crippen LogP contribution in [-0.2, 0) is 14.3 Å². The summed E-state index contributed by atoms with van der Waals surface area (Å²) in [5.74, 6) is 1.11. The second kappa shape index (κ2) is 7.00. The van der Waals surface area contributed by atoms with E-state index in [1.54, 1.807) is 0 Å². The number of cyclic esters (lactones) is 1. The fraction of sp³-hybridized carbons (Fsp3) is 0.833. The molecule has 1 spiro atoms. The summed E-state index contributed by atoms with van der Waals surface area (Å²) in [7, 11) is 0. The third kappa shape index (κ3) is 2.60. The third-order valence-electron chi connectivity index (χ3n) is 12.9. The Hall–Kier alpha value is -1.13. The van der Waals surface area contributed by atoms with Gasteiger partial charge in [-0.05, 0) is 91.9 Å². The normalized spacial score (nSPS) is 53.3. The lowest BCUT2D eigenvalue weighted by Gasteiger charge is -2.74. The number of rotatable bonds is 2. The van der Waals surface area contributed by atoms with Crippen LogP contribution in [0.15, 0.2) is 23.8 Å². The summed E-state index contributed by atoms with van der Waals surface area (Å²) < 4.78 is 12.1. The molecule has 4 heteroatoms. The topological polar surface area (TPSA) is 55.8 Å². The molecule has 7 aliphatic rings. The summed E-state index contributed by atoms with van der Waals surface area (Å²) in [5, 5.41) is 11.3. The van der Waals surface area contributed by atoms with Crippen LogP contribution < -0.4 is 0 Å². The van der Waals surface area contributed by atoms with E-state index in [1.165, 1.54) is 32.1 Å². The van der Waals surface area contributed by atoms with Gasteiger partial charge in [-0.25, -0.2) is 4.79 Å². The second-order valence-corrected chi connectivity index (χ2v) is 13.9. The SMILES string of the molecule is C=C(C1CC[C@@]2(C)C1CCC1[C@]34CC[C@@](O)(OC3)C(C)(C)C4CC[C@]12C)[C@@H]1CC=C(C)C(=O)O1. The van der Waals surface area contributed by atoms with Gasteiger partial charge in [0.15, 0.2) is 5.79 Å². The van der Waals surface area contributed by atoms with E-state index in [0.29, 0.717) is 23.7 Å². The fourth-order valence-corrected chi connectivity index (χ4v) is 10.7. The third-order valence-corrected chi connectivity index (χ3v) is 12.9. The molecule has 34 heavy (non-hydrogen) atoms. The molecular weight excluding hydrogens is 424 g/mol. The van der Waals surface area contributed by atoms with Gasteiger partial charge in [-0.2, -0.15) is 0 Å². The Morgan fingerprint density at radius 3 is 2.41 bits per heavy atom. The van der Waals surface area contributed by atoms with Crippen LogP contribution in [0.1, 0.15) is 92.4 Å². The Bertz CT molecular complexity index is 953. The highest BCUT2D eigenvalue weighted by molar-refractivity contribution is 5.88. The average Bonchev–Trinajstić information content (AvgIpc) is 3.15. The van der Waals surface area contributed by atoms with Crippen molar-refractivity contribution in [2.75, 3.05) is 6.61 Å². The lowest BCUT2D eigenvalue weighted by molar-refractivity contribution is -0.398. The quantitative estimate of drug-likeness (QED) is 0.388. The number of esters is 1. The predicted octanol–water partition coefficient (Wildman–Crippen LogP) is 6.19. The first kappa shape index (κ1) is 23.3. The van der Waals surface area contributed by atoms with Gasteiger partial charge in [-0.3, -0.25) is 0 Å². The van der Waals surface area contributed by atoms with E-state index in [1.807, 2.05) is 13.0 Å². The van der Waals surface area contributed by atoms with E-state index in [4.69, 9.17) is 9.47 Å². The maximum atomic E-state index is 12.2. The molecule has 1 N–H and O–H groups in total. The Morgan fingerprint density at radius 1 is 1.00 bits per heavy atom. The molecule has 7 rings (SSSR count). The predicted molar refractivity (Wildman–Crippen MR) is 132 cm³/mol. The minimum absolute atomic E-state index is 0.160. The average molecular weight is 469 g/mol. The van der Waals surface area contributed by atoms with Gasteiger partial charge < -0.3 is 14.6 Å². The monoisotopic (exact) mass is 468 g/mol. The van der Waals surface area contributed by atoms with E-state index < -0.39 is 5.79 Å². The van der Waals surface area contributed by atoms with Gasteiger partial charge in [0.1, 0.15) is 6.10 Å². The van der Waals surface area contributed by atoms with Crippen LogP contribution in [0.3, 0.4) is 0 Å². The minimum atomic E-state index is -0.950. The summed E-state index contributed by atoms with van der Waals surface area (Å²) in [5.41, 5.74) is 2.43. The molecule has 0 aromatic heterocycles. The molecule has 9 atom stereocenters. The first-order valence-electron chi connectivity index (χ1n) is 13.8. The first-order valence-corrected chi connectivity index (χ1v) is 13.8. The van der Waals surface area contributed by atoms with Crippen molar-refractivity contribution < 1.29 is 19.4 Å². The number of carbonyl (C=O) groups excluding carboxylic acids is 1. The van der Waals surface area contributed by atoms with Crippen LogP contribution in [0.4, 0.5) is 0 Å². The smallest absolute Gasteiger partial charge is 0.333 e. The van der Waals surface area contributed by atoms with E-state index >= 15 is 0 Å². The van der Waals surface area contributed by atoms with E-state index in [-0.39, 0.29) is 33.7 Å². The highest BCUT2D eigenvalue weighted by Crippen LogP contribution is 2.77. The van der Waals surface area contributed by atoms with Crippen molar-refractivity contribution in [3.8, 4) is 0 Å². The lowest BCUT2D eigenvalue weighted by atomic mass is 9.34. The van der Waals surface area contributed by atoms with Gasteiger partial charge in [0.05, 0.1) is 6.61 Å². The Kier molecular flexibility index (Phi) is 4.79. The van der Waals surface area contributed by atoms with Gasteiger partial charge in [0, 0.05) is 29.2 Å². The number of ether oxygens (including phenoxy) is 2. The molecule has 4 saturated carbocycles. The number of carbonyl (C=O) groups is 1. The van der Waals surface area contributed by atoms with Crippen molar-refractivity contribution in [1.29, 1.82) is 0 Å². The lowest BCUT2D eigenvalue weighted by Crippen LogP contribution is -2.73. The number of fused-ring (bicyclic) bond motifs is 5. The van der Waals surface area contributed by atoms with Crippen molar-refractivity contribution in [1.82, 2.24) is 0 Å². The Labute approximate surface area is 205 Å². The van der Waals surface area contributed by atoms with Gasteiger partial charge in [-0.1, -0.05) is 40.3 Å². The summed E-state index contributed by atoms with van der Waals surface area (Å²) >= 11 is 0. The molecule has 4 unspecified atom stereocenters. The molecule has 0 radical (unpaired) electrons. The molecule has 0 aromatic carbocycles. The van der Waals surface area contributed by atoms with Crippen molar-refractivity contribution in [2.45, 2.75) is 104 Å². The number of hydrogen-bond acceptors (Lipinski definition) is 4. The van der Waals surface area contributed by atoms with Crippen LogP contribution in [0.5, 0.6) is 0 Å². The number of hydrogen-bond donors (Lipinski definition) is 1. The molecule has 0 amide bonds. The molecule has 6 fully saturated rings. The standard InChI is InChI=1S/C30H44O4/c1-18-7-9-22(34-25(18)31)19(2)20-11-13-27(5)21(20)8-10-24-28(27,6)14-12-23-26(3,4)30(32)16-15-29(23,24)17-33-30/h7,20-24,32H,2,8-17H2,1,3-6H3/t20?,21?,22-,23?,24?,27-,28+,29+,30+/m0/s1. The molecule has 0 aromatic rings. The largest absolute Gasteiger partial charge is 0.454 e. The highest BCUT2D eigenvalue weighted by atomic mass is 16.6. The zero-order valence-corrected chi connectivity index (χ0v) is 21.9. The van der Waals surface area contributed by atoms with Gasteiger partial charge in [0.25, 0.3) is 0 Å². The zero-order valence-electron chi connectivity index (χ0n) is 21.9. The molecule has 3 heterocycles. The van der Waals surface area contributed by atoms with Crippen molar-refractivity contribution in [3.63, 3.8) is 0 Å². The van der Waals surface area contributed by atoms with Crippen LogP contribution >= 0.6 is 0 Å². The molecule has 188 valence electrons. The van der Waals surface area contributed by atoms with E-state index in [9.17, 15) is 9.90 Å². The number of aliphatic hydroxyl groups is 1. The van der Waals surface area contributed by atoms with Gasteiger partial charge in [0.2, 0.25) is 0 Å². The van der Waals surface area contributed by atoms with Gasteiger partial charge >= 0.3 is 5.97 Å². The molecular formula is C30H44O4. The summed E-state index contributed by atoms with van der Waals surface area (Å²) in [6.07, 6.45) is 11.9. The molecule has 3 aliphatic heterocycles. The van der Waals surface area contributed by atoms with E-state index in [0.717, 1.165) is 43.4 Å².